The number of ether oxygens (including phenoxy) is 1. The van der Waals surface area contributed by atoms with E-state index in [0.29, 0.717) is 30.2 Å². The lowest BCUT2D eigenvalue weighted by atomic mass is 10.1. The highest BCUT2D eigenvalue weighted by Gasteiger charge is 2.06. The maximum Gasteiger partial charge on any atom is 0.251 e. The third-order valence-electron chi connectivity index (χ3n) is 4.92. The smallest absolute Gasteiger partial charge is 0.251 e. The van der Waals surface area contributed by atoms with Crippen LogP contribution in [0.3, 0.4) is 0 Å². The Hall–Kier alpha value is -4.04. The van der Waals surface area contributed by atoms with Crippen LogP contribution in [0.15, 0.2) is 70.8 Å². The van der Waals surface area contributed by atoms with Crippen LogP contribution in [-0.4, -0.2) is 20.9 Å². The Morgan fingerprint density at radius 3 is 2.68 bits per heavy atom. The van der Waals surface area contributed by atoms with Crippen molar-refractivity contribution in [3.05, 3.63) is 98.4 Å². The largest absolute Gasteiger partial charge is 0.487 e. The molecule has 1 amide bonds. The predicted molar refractivity (Wildman–Crippen MR) is 135 cm³/mol. The standard InChI is InChI=1S/C26H24N4O3S/c1-3-20-14-25(32)30-26(29-20)19-5-4-6-21(13-19)28-24(31)12-9-18-7-10-23(11-8-18)33-15-22-16-34-17(2)27-22/h4-14,16H,3,15H2,1-2H3,(H,28,31)(H,29,30,32)/b12-9+. The van der Waals surface area contributed by atoms with Crippen LogP contribution in [0, 0.1) is 6.92 Å². The Morgan fingerprint density at radius 2 is 1.94 bits per heavy atom. The number of nitrogens with zero attached hydrogens (tertiary/aromatic N) is 2. The molecule has 0 atom stereocenters. The molecule has 2 aromatic carbocycles. The van der Waals surface area contributed by atoms with Crippen molar-refractivity contribution in [2.75, 3.05) is 5.32 Å². The van der Waals surface area contributed by atoms with Gasteiger partial charge in [0.1, 0.15) is 18.2 Å². The van der Waals surface area contributed by atoms with Gasteiger partial charge in [0.15, 0.2) is 0 Å². The molecule has 0 aliphatic carbocycles. The molecule has 0 saturated heterocycles. The number of carbonyl (C=O) groups excluding carboxylic acids is 1. The van der Waals surface area contributed by atoms with Crippen molar-refractivity contribution in [2.24, 2.45) is 0 Å². The van der Waals surface area contributed by atoms with Crippen LogP contribution in [0.4, 0.5) is 5.69 Å². The molecule has 7 nitrogen and oxygen atoms in total. The van der Waals surface area contributed by atoms with E-state index in [-0.39, 0.29) is 11.5 Å². The summed E-state index contributed by atoms with van der Waals surface area (Å²) in [6.07, 6.45) is 3.87. The molecule has 4 aromatic rings. The summed E-state index contributed by atoms with van der Waals surface area (Å²) in [6, 6.07) is 16.2. The van der Waals surface area contributed by atoms with Gasteiger partial charge >= 0.3 is 0 Å². The first-order valence-corrected chi connectivity index (χ1v) is 11.7. The maximum atomic E-state index is 12.4. The summed E-state index contributed by atoms with van der Waals surface area (Å²) >= 11 is 1.60. The SMILES string of the molecule is CCc1cc(=O)[nH]c(-c2cccc(NC(=O)/C=C/c3ccc(OCc4csc(C)n4)cc3)c2)n1. The van der Waals surface area contributed by atoms with Crippen molar-refractivity contribution in [1.29, 1.82) is 0 Å². The fourth-order valence-corrected chi connectivity index (χ4v) is 3.83. The number of benzene rings is 2. The number of rotatable bonds is 8. The molecule has 0 fully saturated rings. The first-order chi connectivity index (χ1) is 16.5. The van der Waals surface area contributed by atoms with E-state index < -0.39 is 0 Å². The maximum absolute atomic E-state index is 12.4. The minimum Gasteiger partial charge on any atom is -0.487 e. The Kier molecular flexibility index (Phi) is 7.29. The molecule has 0 aliphatic heterocycles. The number of anilines is 1. The van der Waals surface area contributed by atoms with Crippen molar-refractivity contribution in [1.82, 2.24) is 15.0 Å². The van der Waals surface area contributed by atoms with Crippen molar-refractivity contribution in [3.63, 3.8) is 0 Å². The fourth-order valence-electron chi connectivity index (χ4n) is 3.23. The van der Waals surface area contributed by atoms with Crippen molar-refractivity contribution in [2.45, 2.75) is 26.9 Å². The van der Waals surface area contributed by atoms with E-state index in [9.17, 15) is 9.59 Å². The van der Waals surface area contributed by atoms with E-state index in [4.69, 9.17) is 4.74 Å². The van der Waals surface area contributed by atoms with Crippen LogP contribution >= 0.6 is 11.3 Å². The van der Waals surface area contributed by atoms with Crippen molar-refractivity contribution < 1.29 is 9.53 Å². The van der Waals surface area contributed by atoms with Gasteiger partial charge in [0.2, 0.25) is 5.91 Å². The van der Waals surface area contributed by atoms with Gasteiger partial charge < -0.3 is 15.0 Å². The Bertz CT molecular complexity index is 1370. The second-order valence-electron chi connectivity index (χ2n) is 7.56. The first kappa shape index (κ1) is 23.1. The molecule has 0 unspecified atom stereocenters. The van der Waals surface area contributed by atoms with E-state index in [1.54, 1.807) is 35.6 Å². The number of aryl methyl sites for hydroxylation is 2. The van der Waals surface area contributed by atoms with Gasteiger partial charge in [-0.2, -0.15) is 0 Å². The number of hydrogen-bond acceptors (Lipinski definition) is 6. The second kappa shape index (κ2) is 10.7. The highest BCUT2D eigenvalue weighted by atomic mass is 32.1. The third kappa shape index (κ3) is 6.26. The number of amides is 1. The Balaban J connectivity index is 1.36. The molecule has 0 bridgehead atoms. The lowest BCUT2D eigenvalue weighted by Crippen LogP contribution is -2.10. The lowest BCUT2D eigenvalue weighted by Gasteiger charge is -2.07. The van der Waals surface area contributed by atoms with Crippen LogP contribution in [-0.2, 0) is 17.8 Å². The van der Waals surface area contributed by atoms with Gasteiger partial charge in [0.25, 0.3) is 5.56 Å². The van der Waals surface area contributed by atoms with E-state index in [1.807, 2.05) is 49.6 Å². The van der Waals surface area contributed by atoms with E-state index >= 15 is 0 Å². The molecule has 0 radical (unpaired) electrons. The molecule has 0 spiro atoms. The Morgan fingerprint density at radius 1 is 1.12 bits per heavy atom. The molecule has 172 valence electrons. The van der Waals surface area contributed by atoms with Crippen LogP contribution in [0.1, 0.15) is 28.9 Å². The topological polar surface area (TPSA) is 97.0 Å². The summed E-state index contributed by atoms with van der Waals surface area (Å²) < 4.78 is 5.75. The molecule has 2 aromatic heterocycles. The van der Waals surface area contributed by atoms with Gasteiger partial charge in [0, 0.05) is 34.5 Å². The number of H-pyrrole nitrogens is 1. The molecular formula is C26H24N4O3S. The highest BCUT2D eigenvalue weighted by molar-refractivity contribution is 7.09. The third-order valence-corrected chi connectivity index (χ3v) is 5.74. The number of aromatic amines is 1. The Labute approximate surface area is 201 Å². The molecule has 2 N–H and O–H groups in total. The van der Waals surface area contributed by atoms with Gasteiger partial charge in [-0.3, -0.25) is 9.59 Å². The fraction of sp³-hybridized carbons (Fsp3) is 0.154. The average molecular weight is 473 g/mol. The van der Waals surface area contributed by atoms with E-state index in [0.717, 1.165) is 27.6 Å². The normalized spacial score (nSPS) is 11.0. The zero-order valence-electron chi connectivity index (χ0n) is 18.9. The number of carbonyl (C=O) groups is 1. The second-order valence-corrected chi connectivity index (χ2v) is 8.62. The highest BCUT2D eigenvalue weighted by Crippen LogP contribution is 2.20. The minimum atomic E-state index is -0.264. The summed E-state index contributed by atoms with van der Waals surface area (Å²) in [5.41, 5.74) is 3.63. The molecule has 0 aliphatic rings. The monoisotopic (exact) mass is 472 g/mol. The van der Waals surface area contributed by atoms with Crippen molar-refractivity contribution in [3.8, 4) is 17.1 Å². The van der Waals surface area contributed by atoms with Crippen LogP contribution < -0.4 is 15.6 Å². The number of thiazole rings is 1. The summed E-state index contributed by atoms with van der Waals surface area (Å²) in [7, 11) is 0. The van der Waals surface area contributed by atoms with Gasteiger partial charge in [-0.1, -0.05) is 31.2 Å². The zero-order valence-corrected chi connectivity index (χ0v) is 19.7. The van der Waals surface area contributed by atoms with Crippen LogP contribution in [0.2, 0.25) is 0 Å². The van der Waals surface area contributed by atoms with Gasteiger partial charge in [-0.05, 0) is 49.2 Å². The summed E-state index contributed by atoms with van der Waals surface area (Å²) in [4.78, 5) is 35.9. The van der Waals surface area contributed by atoms with Crippen LogP contribution in [0.5, 0.6) is 5.75 Å². The number of nitrogens with one attached hydrogen (secondary N) is 2. The molecule has 34 heavy (non-hydrogen) atoms. The first-order valence-electron chi connectivity index (χ1n) is 10.8. The molecule has 0 saturated carbocycles. The minimum absolute atomic E-state index is 0.200. The average Bonchev–Trinajstić information content (AvgIpc) is 3.27. The van der Waals surface area contributed by atoms with E-state index in [1.165, 1.54) is 12.1 Å². The van der Waals surface area contributed by atoms with Crippen molar-refractivity contribution >= 4 is 29.0 Å². The summed E-state index contributed by atoms with van der Waals surface area (Å²) in [5, 5.41) is 5.84. The molecular weight excluding hydrogens is 448 g/mol. The molecule has 2 heterocycles. The van der Waals surface area contributed by atoms with Gasteiger partial charge in [-0.25, -0.2) is 9.97 Å². The van der Waals surface area contributed by atoms with E-state index in [2.05, 4.69) is 20.3 Å². The summed E-state index contributed by atoms with van der Waals surface area (Å²) in [6.45, 7) is 4.33. The summed E-state index contributed by atoms with van der Waals surface area (Å²) in [5.74, 6) is 0.950. The zero-order chi connectivity index (χ0) is 23.9. The number of aromatic nitrogens is 3. The van der Waals surface area contributed by atoms with Crippen LogP contribution in [0.25, 0.3) is 17.5 Å². The number of hydrogen-bond donors (Lipinski definition) is 2. The van der Waals surface area contributed by atoms with Gasteiger partial charge in [0.05, 0.1) is 10.7 Å². The molecule has 8 heteroatoms. The predicted octanol–water partition coefficient (Wildman–Crippen LogP) is 5.00. The lowest BCUT2D eigenvalue weighted by molar-refractivity contribution is -0.111. The quantitative estimate of drug-likeness (QED) is 0.352. The molecule has 4 rings (SSSR count). The van der Waals surface area contributed by atoms with Gasteiger partial charge in [-0.15, -0.1) is 11.3 Å².